The molecule has 0 aromatic carbocycles. The van der Waals surface area contributed by atoms with Crippen molar-refractivity contribution in [1.29, 1.82) is 0 Å². The third-order valence-corrected chi connectivity index (χ3v) is 3.48. The van der Waals surface area contributed by atoms with Crippen LogP contribution in [0.2, 0.25) is 0 Å². The average Bonchev–Trinajstić information content (AvgIpc) is 3.06. The first-order valence-electron chi connectivity index (χ1n) is 6.46. The van der Waals surface area contributed by atoms with Crippen LogP contribution < -0.4 is 5.32 Å². The Hall–Kier alpha value is -1.95. The Morgan fingerprint density at radius 2 is 2.37 bits per heavy atom. The molecular weight excluding hydrogens is 242 g/mol. The molecule has 6 heteroatoms. The second-order valence-corrected chi connectivity index (χ2v) is 5.01. The number of aromatic nitrogens is 3. The summed E-state index contributed by atoms with van der Waals surface area (Å²) in [6.45, 7) is 1.03. The van der Waals surface area contributed by atoms with Crippen LogP contribution in [0.5, 0.6) is 0 Å². The molecular formula is C13H17N5O. The van der Waals surface area contributed by atoms with Crippen molar-refractivity contribution in [1.82, 2.24) is 24.8 Å². The van der Waals surface area contributed by atoms with Gasteiger partial charge in [-0.05, 0) is 25.5 Å². The minimum absolute atomic E-state index is 0.0703. The molecule has 3 heterocycles. The molecule has 1 atom stereocenters. The van der Waals surface area contributed by atoms with Crippen molar-refractivity contribution < 1.29 is 4.79 Å². The van der Waals surface area contributed by atoms with Crippen LogP contribution in [0.1, 0.15) is 34.9 Å². The summed E-state index contributed by atoms with van der Waals surface area (Å²) in [6.07, 6.45) is 5.61. The number of hydrogen-bond acceptors (Lipinski definition) is 4. The standard InChI is InChI=1S/C13H17N5O/c1-17(2)13(19)9-8-16-18-11(5-7-15-12(9)18)10-4-3-6-14-10/h5,7-8,10,14H,3-4,6H2,1-2H3. The highest BCUT2D eigenvalue weighted by Gasteiger charge is 2.22. The smallest absolute Gasteiger partial charge is 0.258 e. The first kappa shape index (κ1) is 12.1. The van der Waals surface area contributed by atoms with E-state index in [2.05, 4.69) is 15.4 Å². The lowest BCUT2D eigenvalue weighted by Crippen LogP contribution is -2.22. The largest absolute Gasteiger partial charge is 0.345 e. The van der Waals surface area contributed by atoms with E-state index in [1.165, 1.54) is 6.42 Å². The minimum Gasteiger partial charge on any atom is -0.345 e. The number of carbonyl (C=O) groups is 1. The van der Waals surface area contributed by atoms with Gasteiger partial charge in [0, 0.05) is 26.3 Å². The van der Waals surface area contributed by atoms with Crippen molar-refractivity contribution in [3.05, 3.63) is 29.7 Å². The topological polar surface area (TPSA) is 62.5 Å². The molecule has 1 amide bonds. The molecule has 1 fully saturated rings. The normalized spacial score (nSPS) is 18.9. The molecule has 1 N–H and O–H groups in total. The van der Waals surface area contributed by atoms with Gasteiger partial charge >= 0.3 is 0 Å². The zero-order valence-electron chi connectivity index (χ0n) is 11.1. The van der Waals surface area contributed by atoms with Crippen molar-refractivity contribution in [2.24, 2.45) is 0 Å². The molecule has 19 heavy (non-hydrogen) atoms. The predicted molar refractivity (Wildman–Crippen MR) is 71.0 cm³/mol. The van der Waals surface area contributed by atoms with E-state index in [1.807, 2.05) is 6.07 Å². The van der Waals surface area contributed by atoms with E-state index in [-0.39, 0.29) is 5.91 Å². The van der Waals surface area contributed by atoms with Gasteiger partial charge in [0.05, 0.1) is 11.9 Å². The van der Waals surface area contributed by atoms with Gasteiger partial charge < -0.3 is 10.2 Å². The van der Waals surface area contributed by atoms with Crippen molar-refractivity contribution in [3.63, 3.8) is 0 Å². The Labute approximate surface area is 111 Å². The van der Waals surface area contributed by atoms with E-state index in [0.29, 0.717) is 17.3 Å². The van der Waals surface area contributed by atoms with Crippen molar-refractivity contribution in [2.45, 2.75) is 18.9 Å². The molecule has 0 aliphatic carbocycles. The van der Waals surface area contributed by atoms with Crippen LogP contribution in [-0.4, -0.2) is 46.0 Å². The summed E-state index contributed by atoms with van der Waals surface area (Å²) in [4.78, 5) is 17.9. The second-order valence-electron chi connectivity index (χ2n) is 5.01. The lowest BCUT2D eigenvalue weighted by molar-refractivity contribution is 0.0829. The maximum Gasteiger partial charge on any atom is 0.258 e. The van der Waals surface area contributed by atoms with Crippen molar-refractivity contribution in [3.8, 4) is 0 Å². The third kappa shape index (κ3) is 1.98. The van der Waals surface area contributed by atoms with Crippen LogP contribution in [-0.2, 0) is 0 Å². The number of carbonyl (C=O) groups excluding carboxylic acids is 1. The molecule has 1 saturated heterocycles. The summed E-state index contributed by atoms with van der Waals surface area (Å²) in [6, 6.07) is 2.26. The first-order valence-corrected chi connectivity index (χ1v) is 6.46. The van der Waals surface area contributed by atoms with Gasteiger partial charge in [0.15, 0.2) is 5.65 Å². The number of nitrogens with zero attached hydrogens (tertiary/aromatic N) is 4. The lowest BCUT2D eigenvalue weighted by Gasteiger charge is -2.12. The van der Waals surface area contributed by atoms with E-state index in [4.69, 9.17) is 0 Å². The van der Waals surface area contributed by atoms with E-state index in [9.17, 15) is 4.79 Å². The fourth-order valence-corrected chi connectivity index (χ4v) is 2.50. The highest BCUT2D eigenvalue weighted by Crippen LogP contribution is 2.23. The van der Waals surface area contributed by atoms with Gasteiger partial charge in [0.1, 0.15) is 5.56 Å². The lowest BCUT2D eigenvalue weighted by atomic mass is 10.1. The monoisotopic (exact) mass is 259 g/mol. The number of nitrogens with one attached hydrogen (secondary N) is 1. The summed E-state index contributed by atoms with van der Waals surface area (Å²) in [5, 5.41) is 7.78. The van der Waals surface area contributed by atoms with Crippen molar-refractivity contribution in [2.75, 3.05) is 20.6 Å². The average molecular weight is 259 g/mol. The number of rotatable bonds is 2. The number of hydrogen-bond donors (Lipinski definition) is 1. The molecule has 3 rings (SSSR count). The summed E-state index contributed by atoms with van der Waals surface area (Å²) >= 11 is 0. The van der Waals surface area contributed by atoms with Gasteiger partial charge in [-0.2, -0.15) is 5.10 Å². The molecule has 2 aromatic rings. The highest BCUT2D eigenvalue weighted by atomic mass is 16.2. The molecule has 1 aliphatic rings. The minimum atomic E-state index is -0.0703. The van der Waals surface area contributed by atoms with E-state index in [0.717, 1.165) is 18.7 Å². The van der Waals surface area contributed by atoms with Crippen LogP contribution in [0.4, 0.5) is 0 Å². The Morgan fingerprint density at radius 3 is 3.05 bits per heavy atom. The second kappa shape index (κ2) is 4.62. The summed E-state index contributed by atoms with van der Waals surface area (Å²) in [5.74, 6) is -0.0703. The van der Waals surface area contributed by atoms with Crippen LogP contribution >= 0.6 is 0 Å². The van der Waals surface area contributed by atoms with Gasteiger partial charge in [-0.15, -0.1) is 0 Å². The first-order chi connectivity index (χ1) is 9.18. The highest BCUT2D eigenvalue weighted by molar-refractivity contribution is 5.99. The van der Waals surface area contributed by atoms with E-state index in [1.54, 1.807) is 35.9 Å². The van der Waals surface area contributed by atoms with Crippen LogP contribution in [0, 0.1) is 0 Å². The fraction of sp³-hybridized carbons (Fsp3) is 0.462. The Balaban J connectivity index is 2.10. The van der Waals surface area contributed by atoms with Gasteiger partial charge in [0.25, 0.3) is 5.91 Å². The van der Waals surface area contributed by atoms with E-state index < -0.39 is 0 Å². The zero-order valence-corrected chi connectivity index (χ0v) is 11.1. The van der Waals surface area contributed by atoms with Gasteiger partial charge in [-0.3, -0.25) is 4.79 Å². The van der Waals surface area contributed by atoms with Crippen LogP contribution in [0.15, 0.2) is 18.5 Å². The van der Waals surface area contributed by atoms with Crippen LogP contribution in [0.3, 0.4) is 0 Å². The van der Waals surface area contributed by atoms with Gasteiger partial charge in [-0.25, -0.2) is 9.50 Å². The molecule has 2 aromatic heterocycles. The van der Waals surface area contributed by atoms with Crippen molar-refractivity contribution >= 4 is 11.6 Å². The maximum atomic E-state index is 12.1. The fourth-order valence-electron chi connectivity index (χ4n) is 2.50. The maximum absolute atomic E-state index is 12.1. The SMILES string of the molecule is CN(C)C(=O)c1cnn2c(C3CCCN3)ccnc12. The Kier molecular flexibility index (Phi) is 2.94. The molecule has 0 saturated carbocycles. The predicted octanol–water partition coefficient (Wildman–Crippen LogP) is 0.856. The van der Waals surface area contributed by atoms with Gasteiger partial charge in [0.2, 0.25) is 0 Å². The molecule has 1 aliphatic heterocycles. The number of amides is 1. The molecule has 0 radical (unpaired) electrons. The van der Waals surface area contributed by atoms with Crippen LogP contribution in [0.25, 0.3) is 5.65 Å². The Bertz CT molecular complexity index is 613. The summed E-state index contributed by atoms with van der Waals surface area (Å²) < 4.78 is 1.78. The molecule has 0 spiro atoms. The van der Waals surface area contributed by atoms with E-state index >= 15 is 0 Å². The number of fused-ring (bicyclic) bond motifs is 1. The zero-order chi connectivity index (χ0) is 13.4. The molecule has 6 nitrogen and oxygen atoms in total. The molecule has 1 unspecified atom stereocenters. The molecule has 100 valence electrons. The van der Waals surface area contributed by atoms with Gasteiger partial charge in [-0.1, -0.05) is 0 Å². The summed E-state index contributed by atoms with van der Waals surface area (Å²) in [5.41, 5.74) is 2.25. The molecule has 0 bridgehead atoms. The Morgan fingerprint density at radius 1 is 1.53 bits per heavy atom. The summed E-state index contributed by atoms with van der Waals surface area (Å²) in [7, 11) is 3.46. The quantitative estimate of drug-likeness (QED) is 0.868. The third-order valence-electron chi connectivity index (χ3n) is 3.48.